The number of carbonyl (C=O) groups excluding carboxylic acids is 1. The molecule has 0 bridgehead atoms. The van der Waals surface area contributed by atoms with Gasteiger partial charge in [0.05, 0.1) is 7.11 Å². The van der Waals surface area contributed by atoms with E-state index >= 15 is 0 Å². The molecule has 48 heavy (non-hydrogen) atoms. The van der Waals surface area contributed by atoms with Crippen LogP contribution in [-0.2, 0) is 22.5 Å². The smallest absolute Gasteiger partial charge is 0.246 e. The Morgan fingerprint density at radius 1 is 0.562 bits per heavy atom. The molecule has 0 saturated carbocycles. The highest BCUT2D eigenvalue weighted by Crippen LogP contribution is 2.12. The third-order valence-electron chi connectivity index (χ3n) is 8.83. The first-order chi connectivity index (χ1) is 23.8. The number of nitrogens with zero attached hydrogens (tertiary/aromatic N) is 3. The summed E-state index contributed by atoms with van der Waals surface area (Å²) in [6.45, 7) is 0.670. The fourth-order valence-electron chi connectivity index (χ4n) is 5.88. The average Bonchev–Trinajstić information content (AvgIpc) is 3.12. The predicted octanol–water partition coefficient (Wildman–Crippen LogP) is 11.0. The normalized spacial score (nSPS) is 10.6. The number of unbranched alkanes of at least 4 members (excludes halogenated alkanes) is 19. The molecule has 5 nitrogen and oxygen atoms in total. The van der Waals surface area contributed by atoms with E-state index in [0.29, 0.717) is 13.0 Å². The highest BCUT2D eigenvalue weighted by molar-refractivity contribution is 5.74. The molecule has 0 radical (unpaired) electrons. The number of aromatic nitrogens is 2. The van der Waals surface area contributed by atoms with Crippen LogP contribution in [0, 0.1) is 23.7 Å². The van der Waals surface area contributed by atoms with Gasteiger partial charge in [0.25, 0.3) is 0 Å². The third kappa shape index (κ3) is 24.1. The van der Waals surface area contributed by atoms with Crippen LogP contribution < -0.4 is 0 Å². The van der Waals surface area contributed by atoms with Crippen LogP contribution >= 0.6 is 0 Å². The van der Waals surface area contributed by atoms with Crippen molar-refractivity contribution < 1.29 is 9.63 Å². The molecule has 0 atom stereocenters. The van der Waals surface area contributed by atoms with Crippen molar-refractivity contribution in [3.05, 3.63) is 60.2 Å². The van der Waals surface area contributed by atoms with E-state index in [1.807, 2.05) is 36.9 Å². The summed E-state index contributed by atoms with van der Waals surface area (Å²) in [7, 11) is 1.60. The van der Waals surface area contributed by atoms with Crippen molar-refractivity contribution in [2.75, 3.05) is 13.7 Å². The van der Waals surface area contributed by atoms with Crippen LogP contribution in [0.15, 0.2) is 49.1 Å². The Morgan fingerprint density at radius 2 is 0.958 bits per heavy atom. The van der Waals surface area contributed by atoms with Crippen LogP contribution in [0.4, 0.5) is 0 Å². The highest BCUT2D eigenvalue weighted by Gasteiger charge is 2.12. The van der Waals surface area contributed by atoms with Crippen LogP contribution in [-0.4, -0.2) is 34.6 Å². The van der Waals surface area contributed by atoms with Gasteiger partial charge < -0.3 is 0 Å². The minimum absolute atomic E-state index is 0.102. The SMILES string of the molecule is CON(CCCCCC#CCCCCCCCCCc1cccnc1)C(=O)CCCCCC#CCCCCCCCCc1cccnc1. The number of rotatable bonds is 28. The van der Waals surface area contributed by atoms with Crippen LogP contribution in [0.3, 0.4) is 0 Å². The Morgan fingerprint density at radius 3 is 1.38 bits per heavy atom. The molecule has 2 heterocycles. The van der Waals surface area contributed by atoms with Crippen molar-refractivity contribution in [2.45, 2.75) is 167 Å². The van der Waals surface area contributed by atoms with E-state index in [1.54, 1.807) is 12.2 Å². The lowest BCUT2D eigenvalue weighted by Crippen LogP contribution is -2.30. The van der Waals surface area contributed by atoms with Gasteiger partial charge in [0.1, 0.15) is 0 Å². The zero-order valence-corrected chi connectivity index (χ0v) is 30.4. The summed E-state index contributed by atoms with van der Waals surface area (Å²) >= 11 is 0. The molecular weight excluding hydrogens is 590 g/mol. The molecule has 0 saturated heterocycles. The lowest BCUT2D eigenvalue weighted by Gasteiger charge is -2.19. The number of pyridine rings is 2. The summed E-state index contributed by atoms with van der Waals surface area (Å²) in [6, 6.07) is 8.38. The molecular formula is C43H65N3O2. The number of hydroxylamine groups is 2. The van der Waals surface area contributed by atoms with Gasteiger partial charge in [-0.25, -0.2) is 5.06 Å². The molecule has 5 heteroatoms. The number of aryl methyl sites for hydroxylation is 2. The van der Waals surface area contributed by atoms with E-state index in [0.717, 1.165) is 77.0 Å². The largest absolute Gasteiger partial charge is 0.274 e. The molecule has 2 rings (SSSR count). The average molecular weight is 656 g/mol. The molecule has 0 aliphatic carbocycles. The van der Waals surface area contributed by atoms with Gasteiger partial charge in [-0.3, -0.25) is 19.6 Å². The zero-order chi connectivity index (χ0) is 34.0. The first kappa shape index (κ1) is 41.0. The summed E-state index contributed by atoms with van der Waals surface area (Å²) in [5.74, 6) is 13.5. The molecule has 0 aliphatic rings. The maximum Gasteiger partial charge on any atom is 0.246 e. The van der Waals surface area contributed by atoms with Gasteiger partial charge in [0.2, 0.25) is 5.91 Å². The molecule has 264 valence electrons. The van der Waals surface area contributed by atoms with Crippen molar-refractivity contribution in [3.63, 3.8) is 0 Å². The Balaban J connectivity index is 1.30. The lowest BCUT2D eigenvalue weighted by atomic mass is 10.1. The number of hydrogen-bond acceptors (Lipinski definition) is 4. The van der Waals surface area contributed by atoms with Crippen molar-refractivity contribution >= 4 is 5.91 Å². The Labute approximate surface area is 294 Å². The summed E-state index contributed by atoms with van der Waals surface area (Å²) in [5, 5.41) is 1.55. The lowest BCUT2D eigenvalue weighted by molar-refractivity contribution is -0.176. The van der Waals surface area contributed by atoms with Crippen molar-refractivity contribution in [1.82, 2.24) is 15.0 Å². The second-order valence-corrected chi connectivity index (χ2v) is 13.1. The molecule has 2 aromatic rings. The topological polar surface area (TPSA) is 55.3 Å². The fourth-order valence-corrected chi connectivity index (χ4v) is 5.88. The zero-order valence-electron chi connectivity index (χ0n) is 30.4. The minimum Gasteiger partial charge on any atom is -0.274 e. The molecule has 2 aromatic heterocycles. The molecule has 0 aromatic carbocycles. The molecule has 0 aliphatic heterocycles. The molecule has 0 unspecified atom stereocenters. The van der Waals surface area contributed by atoms with E-state index in [2.05, 4.69) is 45.8 Å². The van der Waals surface area contributed by atoms with E-state index < -0.39 is 0 Å². The maximum absolute atomic E-state index is 12.5. The van der Waals surface area contributed by atoms with Crippen LogP contribution in [0.5, 0.6) is 0 Å². The second-order valence-electron chi connectivity index (χ2n) is 13.1. The number of carbonyl (C=O) groups is 1. The van der Waals surface area contributed by atoms with Gasteiger partial charge in [-0.2, -0.15) is 0 Å². The molecule has 0 N–H and O–H groups in total. The standard InChI is InChI=1S/C43H65N3O2/c1-48-46(38-28-24-20-16-12-8-3-2-5-9-13-17-21-25-31-41-33-29-36-44-39-41)43(47)35-27-23-19-15-11-7-4-6-10-14-18-22-26-32-42-34-30-37-45-40-42/h29-30,33-34,36-37,39-40H,2-6,9-10,13-28,31-32,35,38H2,1H3. The molecule has 0 spiro atoms. The fraction of sp³-hybridized carbons (Fsp3) is 0.651. The number of hydrogen-bond donors (Lipinski definition) is 0. The van der Waals surface area contributed by atoms with Gasteiger partial charge in [0.15, 0.2) is 0 Å². The first-order valence-electron chi connectivity index (χ1n) is 19.3. The molecule has 0 fully saturated rings. The maximum atomic E-state index is 12.5. The van der Waals surface area contributed by atoms with Crippen LogP contribution in [0.1, 0.15) is 165 Å². The summed E-state index contributed by atoms with van der Waals surface area (Å²) < 4.78 is 0. The molecule has 1 amide bonds. The summed E-state index contributed by atoms with van der Waals surface area (Å²) in [6.07, 6.45) is 37.4. The monoisotopic (exact) mass is 656 g/mol. The predicted molar refractivity (Wildman–Crippen MR) is 201 cm³/mol. The summed E-state index contributed by atoms with van der Waals surface area (Å²) in [5.41, 5.74) is 2.70. The van der Waals surface area contributed by atoms with Gasteiger partial charge in [0, 0.05) is 63.4 Å². The summed E-state index contributed by atoms with van der Waals surface area (Å²) in [4.78, 5) is 26.3. The Kier molecular flexibility index (Phi) is 26.6. The van der Waals surface area contributed by atoms with E-state index in [9.17, 15) is 4.79 Å². The Bertz CT molecular complexity index is 1150. The first-order valence-corrected chi connectivity index (χ1v) is 19.3. The van der Waals surface area contributed by atoms with E-state index in [1.165, 1.54) is 94.6 Å². The van der Waals surface area contributed by atoms with Gasteiger partial charge in [-0.15, -0.1) is 23.7 Å². The van der Waals surface area contributed by atoms with Crippen LogP contribution in [0.25, 0.3) is 0 Å². The van der Waals surface area contributed by atoms with Crippen molar-refractivity contribution in [3.8, 4) is 23.7 Å². The third-order valence-corrected chi connectivity index (χ3v) is 8.83. The Hall–Kier alpha value is -3.15. The van der Waals surface area contributed by atoms with Gasteiger partial charge in [-0.1, -0.05) is 82.8 Å². The van der Waals surface area contributed by atoms with Crippen molar-refractivity contribution in [2.24, 2.45) is 0 Å². The number of amides is 1. The van der Waals surface area contributed by atoms with E-state index in [4.69, 9.17) is 4.84 Å². The quantitative estimate of drug-likeness (QED) is 0.0520. The van der Waals surface area contributed by atoms with E-state index in [-0.39, 0.29) is 5.91 Å². The van der Waals surface area contributed by atoms with Crippen molar-refractivity contribution in [1.29, 1.82) is 0 Å². The van der Waals surface area contributed by atoms with Gasteiger partial charge in [-0.05, 0) is 87.5 Å². The minimum atomic E-state index is 0.102. The van der Waals surface area contributed by atoms with Gasteiger partial charge >= 0.3 is 0 Å². The second kappa shape index (κ2) is 31.1. The highest BCUT2D eigenvalue weighted by atomic mass is 16.7. The van der Waals surface area contributed by atoms with Crippen LogP contribution in [0.2, 0.25) is 0 Å².